The lowest BCUT2D eigenvalue weighted by atomic mass is 10.1. The molecule has 0 saturated heterocycles. The number of nitrogens with zero attached hydrogens (tertiary/aromatic N) is 1. The summed E-state index contributed by atoms with van der Waals surface area (Å²) in [6, 6.07) is 14.2. The number of ether oxygens (including phenoxy) is 1. The molecule has 0 bridgehead atoms. The van der Waals surface area contributed by atoms with Crippen LogP contribution in [0.1, 0.15) is 18.5 Å². The number of methoxy groups -OCH3 is 1. The zero-order valence-corrected chi connectivity index (χ0v) is 11.4. The molecule has 0 aliphatic carbocycles. The van der Waals surface area contributed by atoms with E-state index in [1.54, 1.807) is 19.2 Å². The van der Waals surface area contributed by atoms with E-state index in [2.05, 4.69) is 5.32 Å². The summed E-state index contributed by atoms with van der Waals surface area (Å²) in [5, 5.41) is 14.1. The van der Waals surface area contributed by atoms with Crippen LogP contribution < -0.4 is 10.1 Å². The molecule has 1 atom stereocenters. The fourth-order valence-electron chi connectivity index (χ4n) is 1.93. The van der Waals surface area contributed by atoms with Gasteiger partial charge in [0.15, 0.2) is 0 Å². The molecule has 2 aromatic carbocycles. The fourth-order valence-corrected chi connectivity index (χ4v) is 1.93. The Morgan fingerprint density at radius 2 is 1.90 bits per heavy atom. The summed E-state index contributed by atoms with van der Waals surface area (Å²) in [6.45, 7) is 1.96. The van der Waals surface area contributed by atoms with Crippen LogP contribution in [0.2, 0.25) is 0 Å². The fraction of sp³-hybridized carbons (Fsp3) is 0.200. The maximum absolute atomic E-state index is 10.8. The molecule has 0 spiro atoms. The smallest absolute Gasteiger partial charge is 0.269 e. The highest BCUT2D eigenvalue weighted by molar-refractivity contribution is 5.49. The van der Waals surface area contributed by atoms with Gasteiger partial charge in [0.1, 0.15) is 5.75 Å². The minimum atomic E-state index is -0.385. The topological polar surface area (TPSA) is 64.4 Å². The van der Waals surface area contributed by atoms with E-state index >= 15 is 0 Å². The Balaban J connectivity index is 2.12. The zero-order valence-electron chi connectivity index (χ0n) is 11.4. The lowest BCUT2D eigenvalue weighted by Gasteiger charge is -2.15. The third kappa shape index (κ3) is 3.26. The highest BCUT2D eigenvalue weighted by Crippen LogP contribution is 2.23. The van der Waals surface area contributed by atoms with Crippen molar-refractivity contribution in [2.24, 2.45) is 0 Å². The van der Waals surface area contributed by atoms with Crippen molar-refractivity contribution in [1.29, 1.82) is 0 Å². The molecule has 0 radical (unpaired) electrons. The highest BCUT2D eigenvalue weighted by atomic mass is 16.6. The quantitative estimate of drug-likeness (QED) is 0.664. The number of anilines is 1. The van der Waals surface area contributed by atoms with Crippen molar-refractivity contribution in [3.63, 3.8) is 0 Å². The first-order chi connectivity index (χ1) is 9.60. The van der Waals surface area contributed by atoms with Gasteiger partial charge in [0.2, 0.25) is 0 Å². The van der Waals surface area contributed by atoms with E-state index in [1.165, 1.54) is 6.07 Å². The number of rotatable bonds is 5. The molecule has 2 rings (SSSR count). The number of non-ortho nitro benzene ring substituents is 1. The average Bonchev–Trinajstić information content (AvgIpc) is 2.48. The summed E-state index contributed by atoms with van der Waals surface area (Å²) in [6.07, 6.45) is 0. The van der Waals surface area contributed by atoms with Crippen LogP contribution in [0, 0.1) is 10.1 Å². The van der Waals surface area contributed by atoms with E-state index in [0.717, 1.165) is 17.0 Å². The Morgan fingerprint density at radius 1 is 1.20 bits per heavy atom. The van der Waals surface area contributed by atoms with Gasteiger partial charge < -0.3 is 10.1 Å². The van der Waals surface area contributed by atoms with Crippen LogP contribution in [0.4, 0.5) is 11.4 Å². The van der Waals surface area contributed by atoms with E-state index in [9.17, 15) is 10.1 Å². The average molecular weight is 272 g/mol. The first kappa shape index (κ1) is 13.9. The lowest BCUT2D eigenvalue weighted by molar-refractivity contribution is -0.384. The van der Waals surface area contributed by atoms with Gasteiger partial charge in [0, 0.05) is 23.9 Å². The molecule has 1 N–H and O–H groups in total. The van der Waals surface area contributed by atoms with Crippen molar-refractivity contribution in [3.05, 3.63) is 64.2 Å². The summed E-state index contributed by atoms with van der Waals surface area (Å²) >= 11 is 0. The molecule has 0 aromatic heterocycles. The van der Waals surface area contributed by atoms with Crippen LogP contribution >= 0.6 is 0 Å². The molecule has 2 aromatic rings. The second-order valence-electron chi connectivity index (χ2n) is 4.45. The van der Waals surface area contributed by atoms with E-state index in [4.69, 9.17) is 4.74 Å². The van der Waals surface area contributed by atoms with Gasteiger partial charge in [-0.3, -0.25) is 10.1 Å². The number of nitro groups is 1. The number of hydrogen-bond acceptors (Lipinski definition) is 4. The van der Waals surface area contributed by atoms with Gasteiger partial charge in [-0.2, -0.15) is 0 Å². The first-order valence-electron chi connectivity index (χ1n) is 6.25. The van der Waals surface area contributed by atoms with Gasteiger partial charge >= 0.3 is 0 Å². The van der Waals surface area contributed by atoms with E-state index in [1.807, 2.05) is 37.3 Å². The minimum Gasteiger partial charge on any atom is -0.497 e. The number of nitrogens with one attached hydrogen (secondary N) is 1. The van der Waals surface area contributed by atoms with Gasteiger partial charge in [-0.05, 0) is 36.8 Å². The van der Waals surface area contributed by atoms with Gasteiger partial charge in [0.05, 0.1) is 12.0 Å². The Kier molecular flexibility index (Phi) is 4.20. The third-order valence-corrected chi connectivity index (χ3v) is 3.05. The molecule has 0 amide bonds. The maximum Gasteiger partial charge on any atom is 0.269 e. The van der Waals surface area contributed by atoms with Gasteiger partial charge in [-0.15, -0.1) is 0 Å². The SMILES string of the molecule is COc1ccc(N[C@@H](C)c2cccc([N+](=O)[O-])c2)cc1. The van der Waals surface area contributed by atoms with Gasteiger partial charge in [0.25, 0.3) is 5.69 Å². The largest absolute Gasteiger partial charge is 0.497 e. The van der Waals surface area contributed by atoms with Crippen molar-refractivity contribution in [3.8, 4) is 5.75 Å². The van der Waals surface area contributed by atoms with Crippen molar-refractivity contribution < 1.29 is 9.66 Å². The second kappa shape index (κ2) is 6.06. The van der Waals surface area contributed by atoms with Gasteiger partial charge in [-0.25, -0.2) is 0 Å². The summed E-state index contributed by atoms with van der Waals surface area (Å²) in [7, 11) is 1.62. The van der Waals surface area contributed by atoms with E-state index in [-0.39, 0.29) is 16.7 Å². The van der Waals surface area contributed by atoms with E-state index in [0.29, 0.717) is 0 Å². The monoisotopic (exact) mass is 272 g/mol. The molecule has 20 heavy (non-hydrogen) atoms. The Hall–Kier alpha value is -2.56. The molecule has 0 fully saturated rings. The summed E-state index contributed by atoms with van der Waals surface area (Å²) in [5.74, 6) is 0.790. The van der Waals surface area contributed by atoms with Crippen molar-refractivity contribution in [1.82, 2.24) is 0 Å². The maximum atomic E-state index is 10.8. The number of benzene rings is 2. The number of nitro benzene ring substituents is 1. The van der Waals surface area contributed by atoms with Crippen LogP contribution in [-0.2, 0) is 0 Å². The summed E-state index contributed by atoms with van der Waals surface area (Å²) < 4.78 is 5.10. The molecule has 0 heterocycles. The number of hydrogen-bond donors (Lipinski definition) is 1. The lowest BCUT2D eigenvalue weighted by Crippen LogP contribution is -2.06. The van der Waals surface area contributed by atoms with Crippen molar-refractivity contribution in [2.45, 2.75) is 13.0 Å². The third-order valence-electron chi connectivity index (χ3n) is 3.05. The Labute approximate surface area is 117 Å². The summed E-state index contributed by atoms with van der Waals surface area (Å²) in [4.78, 5) is 10.4. The predicted molar refractivity (Wildman–Crippen MR) is 78.1 cm³/mol. The Morgan fingerprint density at radius 3 is 2.50 bits per heavy atom. The van der Waals surface area contributed by atoms with Gasteiger partial charge in [-0.1, -0.05) is 12.1 Å². The molecule has 5 heteroatoms. The minimum absolute atomic E-state index is 0.0247. The Bertz CT molecular complexity index is 596. The molecule has 0 aliphatic heterocycles. The molecule has 0 saturated carbocycles. The van der Waals surface area contributed by atoms with Crippen molar-refractivity contribution in [2.75, 3.05) is 12.4 Å². The van der Waals surface area contributed by atoms with Crippen LogP contribution in [0.25, 0.3) is 0 Å². The van der Waals surface area contributed by atoms with E-state index < -0.39 is 0 Å². The molecular weight excluding hydrogens is 256 g/mol. The molecule has 0 unspecified atom stereocenters. The van der Waals surface area contributed by atoms with Crippen LogP contribution in [0.3, 0.4) is 0 Å². The first-order valence-corrected chi connectivity index (χ1v) is 6.25. The standard InChI is InChI=1S/C15H16N2O3/c1-11(12-4-3-5-14(10-12)17(18)19)16-13-6-8-15(20-2)9-7-13/h3-11,16H,1-2H3/t11-/m0/s1. The molecule has 0 aliphatic rings. The highest BCUT2D eigenvalue weighted by Gasteiger charge is 2.10. The van der Waals surface area contributed by atoms with Crippen LogP contribution in [0.5, 0.6) is 5.75 Å². The second-order valence-corrected chi connectivity index (χ2v) is 4.45. The molecule has 104 valence electrons. The molecular formula is C15H16N2O3. The zero-order chi connectivity index (χ0) is 14.5. The predicted octanol–water partition coefficient (Wildman–Crippen LogP) is 3.78. The van der Waals surface area contributed by atoms with Crippen molar-refractivity contribution >= 4 is 11.4 Å². The van der Waals surface area contributed by atoms with Crippen LogP contribution in [0.15, 0.2) is 48.5 Å². The van der Waals surface area contributed by atoms with Crippen LogP contribution in [-0.4, -0.2) is 12.0 Å². The summed E-state index contributed by atoms with van der Waals surface area (Å²) in [5.41, 5.74) is 1.91. The molecule has 5 nitrogen and oxygen atoms in total. The normalized spacial score (nSPS) is 11.7.